The SMILES string of the molecule is Cc1cccc2c(=O)[nH]c(COC(=O)[C@H](C)NS(=O)(=O)c3ccc(Cl)cc3)nc12. The van der Waals surface area contributed by atoms with E-state index in [4.69, 9.17) is 16.3 Å². The summed E-state index contributed by atoms with van der Waals surface area (Å²) in [6, 6.07) is 9.60. The van der Waals surface area contributed by atoms with Gasteiger partial charge in [-0.25, -0.2) is 13.4 Å². The second-order valence-corrected chi connectivity index (χ2v) is 8.54. The first-order chi connectivity index (χ1) is 13.7. The molecular weight excluding hydrogens is 418 g/mol. The standard InChI is InChI=1S/C19H18ClN3O5S/c1-11-4-3-5-15-17(11)21-16(22-18(15)24)10-28-19(25)12(2)23-29(26,27)14-8-6-13(20)7-9-14/h3-9,12,23H,10H2,1-2H3,(H,21,22,24)/t12-/m0/s1. The highest BCUT2D eigenvalue weighted by Crippen LogP contribution is 2.15. The molecule has 152 valence electrons. The second kappa shape index (κ2) is 8.32. The first kappa shape index (κ1) is 21.0. The molecule has 0 radical (unpaired) electrons. The average Bonchev–Trinajstić information content (AvgIpc) is 2.67. The normalized spacial score (nSPS) is 12.7. The summed E-state index contributed by atoms with van der Waals surface area (Å²) in [7, 11) is -3.93. The van der Waals surface area contributed by atoms with Crippen molar-refractivity contribution in [3.8, 4) is 0 Å². The molecule has 0 aliphatic rings. The number of sulfonamides is 1. The molecule has 0 amide bonds. The Kier molecular flexibility index (Phi) is 6.02. The summed E-state index contributed by atoms with van der Waals surface area (Å²) in [5, 5.41) is 0.827. The van der Waals surface area contributed by atoms with Gasteiger partial charge in [0, 0.05) is 5.02 Å². The highest BCUT2D eigenvalue weighted by Gasteiger charge is 2.23. The number of benzene rings is 2. The summed E-state index contributed by atoms with van der Waals surface area (Å²) < 4.78 is 32.0. The van der Waals surface area contributed by atoms with Crippen LogP contribution in [0.1, 0.15) is 18.3 Å². The van der Waals surface area contributed by atoms with Crippen molar-refractivity contribution in [1.29, 1.82) is 0 Å². The van der Waals surface area contributed by atoms with Crippen LogP contribution in [-0.2, 0) is 26.2 Å². The van der Waals surface area contributed by atoms with E-state index in [0.29, 0.717) is 15.9 Å². The maximum atomic E-state index is 12.3. The minimum absolute atomic E-state index is 0.0300. The fraction of sp³-hybridized carbons (Fsp3) is 0.211. The number of fused-ring (bicyclic) bond motifs is 1. The van der Waals surface area contributed by atoms with E-state index in [1.54, 1.807) is 12.1 Å². The van der Waals surface area contributed by atoms with Gasteiger partial charge in [-0.15, -0.1) is 0 Å². The van der Waals surface area contributed by atoms with Crippen LogP contribution in [0.2, 0.25) is 5.02 Å². The molecule has 3 rings (SSSR count). The lowest BCUT2D eigenvalue weighted by Crippen LogP contribution is -2.39. The number of aromatic amines is 1. The number of hydrogen-bond acceptors (Lipinski definition) is 6. The number of carbonyl (C=O) groups excluding carboxylic acids is 1. The predicted octanol–water partition coefficient (Wildman–Crippen LogP) is 2.30. The fourth-order valence-corrected chi connectivity index (χ4v) is 3.97. The monoisotopic (exact) mass is 435 g/mol. The van der Waals surface area contributed by atoms with Crippen LogP contribution < -0.4 is 10.3 Å². The predicted molar refractivity (Wildman–Crippen MR) is 108 cm³/mol. The quantitative estimate of drug-likeness (QED) is 0.573. The summed E-state index contributed by atoms with van der Waals surface area (Å²) in [6.07, 6.45) is 0. The van der Waals surface area contributed by atoms with Crippen molar-refractivity contribution < 1.29 is 17.9 Å². The number of halogens is 1. The molecule has 1 aromatic heterocycles. The Morgan fingerprint density at radius 2 is 1.93 bits per heavy atom. The Bertz CT molecular complexity index is 1220. The van der Waals surface area contributed by atoms with Gasteiger partial charge in [0.2, 0.25) is 10.0 Å². The Morgan fingerprint density at radius 3 is 2.62 bits per heavy atom. The largest absolute Gasteiger partial charge is 0.456 e. The van der Waals surface area contributed by atoms with E-state index in [0.717, 1.165) is 5.56 Å². The third-order valence-electron chi connectivity index (χ3n) is 4.15. The van der Waals surface area contributed by atoms with Gasteiger partial charge in [-0.05, 0) is 49.7 Å². The van der Waals surface area contributed by atoms with Crippen molar-refractivity contribution in [2.75, 3.05) is 0 Å². The van der Waals surface area contributed by atoms with Crippen LogP contribution in [0.3, 0.4) is 0 Å². The molecule has 1 atom stereocenters. The van der Waals surface area contributed by atoms with Crippen molar-refractivity contribution >= 4 is 38.5 Å². The van der Waals surface area contributed by atoms with Gasteiger partial charge in [0.25, 0.3) is 5.56 Å². The summed E-state index contributed by atoms with van der Waals surface area (Å²) in [5.41, 5.74) is 0.977. The topological polar surface area (TPSA) is 118 Å². The molecule has 1 heterocycles. The number of aromatic nitrogens is 2. The van der Waals surface area contributed by atoms with Gasteiger partial charge in [0.05, 0.1) is 15.8 Å². The van der Waals surface area contributed by atoms with E-state index >= 15 is 0 Å². The van der Waals surface area contributed by atoms with E-state index in [2.05, 4.69) is 14.7 Å². The van der Waals surface area contributed by atoms with Gasteiger partial charge >= 0.3 is 5.97 Å². The molecular formula is C19H18ClN3O5S. The molecule has 0 spiro atoms. The summed E-state index contributed by atoms with van der Waals surface area (Å²) in [5.74, 6) is -0.645. The van der Waals surface area contributed by atoms with Crippen LogP contribution in [0.25, 0.3) is 10.9 Å². The third kappa shape index (κ3) is 4.81. The van der Waals surface area contributed by atoms with Crippen molar-refractivity contribution in [2.24, 2.45) is 0 Å². The smallest absolute Gasteiger partial charge is 0.324 e. The Hall–Kier alpha value is -2.75. The molecule has 3 aromatic rings. The van der Waals surface area contributed by atoms with Gasteiger partial charge < -0.3 is 9.72 Å². The molecule has 10 heteroatoms. The number of nitrogens with zero attached hydrogens (tertiary/aromatic N) is 1. The molecule has 0 saturated heterocycles. The first-order valence-corrected chi connectivity index (χ1v) is 10.5. The lowest BCUT2D eigenvalue weighted by molar-refractivity contribution is -0.146. The van der Waals surface area contributed by atoms with E-state index in [1.165, 1.54) is 31.2 Å². The van der Waals surface area contributed by atoms with Crippen LogP contribution in [-0.4, -0.2) is 30.4 Å². The highest BCUT2D eigenvalue weighted by atomic mass is 35.5. The number of esters is 1. The van der Waals surface area contributed by atoms with Crippen LogP contribution >= 0.6 is 11.6 Å². The molecule has 0 aliphatic heterocycles. The van der Waals surface area contributed by atoms with Crippen molar-refractivity contribution in [1.82, 2.24) is 14.7 Å². The zero-order valence-corrected chi connectivity index (χ0v) is 17.2. The van der Waals surface area contributed by atoms with Crippen LogP contribution in [0.15, 0.2) is 52.2 Å². The number of H-pyrrole nitrogens is 1. The molecule has 29 heavy (non-hydrogen) atoms. The third-order valence-corrected chi connectivity index (χ3v) is 5.96. The van der Waals surface area contributed by atoms with Gasteiger partial charge in [0.15, 0.2) is 0 Å². The average molecular weight is 436 g/mol. The number of aryl methyl sites for hydroxylation is 1. The number of rotatable bonds is 6. The van der Waals surface area contributed by atoms with Crippen LogP contribution in [0, 0.1) is 6.92 Å². The van der Waals surface area contributed by atoms with Crippen LogP contribution in [0.5, 0.6) is 0 Å². The maximum Gasteiger partial charge on any atom is 0.324 e. The van der Waals surface area contributed by atoms with E-state index < -0.39 is 22.0 Å². The Balaban J connectivity index is 1.69. The second-order valence-electron chi connectivity index (χ2n) is 6.39. The number of para-hydroxylation sites is 1. The molecule has 0 aliphatic carbocycles. The highest BCUT2D eigenvalue weighted by molar-refractivity contribution is 7.89. The van der Waals surface area contributed by atoms with E-state index in [-0.39, 0.29) is 22.9 Å². The summed E-state index contributed by atoms with van der Waals surface area (Å²) in [4.78, 5) is 31.2. The molecule has 0 saturated carbocycles. The van der Waals surface area contributed by atoms with Crippen molar-refractivity contribution in [3.63, 3.8) is 0 Å². The summed E-state index contributed by atoms with van der Waals surface area (Å²) in [6.45, 7) is 2.88. The van der Waals surface area contributed by atoms with Gasteiger partial charge in [0.1, 0.15) is 18.5 Å². The molecule has 0 bridgehead atoms. The first-order valence-electron chi connectivity index (χ1n) is 8.60. The van der Waals surface area contributed by atoms with Gasteiger partial charge in [-0.3, -0.25) is 9.59 Å². The Labute approximate surface area is 171 Å². The zero-order valence-electron chi connectivity index (χ0n) is 15.6. The molecule has 2 aromatic carbocycles. The maximum absolute atomic E-state index is 12.3. The van der Waals surface area contributed by atoms with E-state index in [9.17, 15) is 18.0 Å². The summed E-state index contributed by atoms with van der Waals surface area (Å²) >= 11 is 5.75. The van der Waals surface area contributed by atoms with Gasteiger partial charge in [-0.1, -0.05) is 23.7 Å². The molecule has 2 N–H and O–H groups in total. The van der Waals surface area contributed by atoms with Gasteiger partial charge in [-0.2, -0.15) is 4.72 Å². The van der Waals surface area contributed by atoms with Crippen molar-refractivity contribution in [2.45, 2.75) is 31.4 Å². The number of nitrogens with one attached hydrogen (secondary N) is 2. The lowest BCUT2D eigenvalue weighted by Gasteiger charge is -2.14. The number of hydrogen-bond donors (Lipinski definition) is 2. The molecule has 8 nitrogen and oxygen atoms in total. The minimum atomic E-state index is -3.93. The minimum Gasteiger partial charge on any atom is -0.456 e. The van der Waals surface area contributed by atoms with Crippen LogP contribution in [0.4, 0.5) is 0 Å². The van der Waals surface area contributed by atoms with Crippen molar-refractivity contribution in [3.05, 3.63) is 69.2 Å². The Morgan fingerprint density at radius 1 is 1.24 bits per heavy atom. The molecule has 0 fully saturated rings. The fourth-order valence-electron chi connectivity index (χ4n) is 2.65. The number of ether oxygens (including phenoxy) is 1. The number of carbonyl (C=O) groups is 1. The zero-order chi connectivity index (χ0) is 21.2. The molecule has 0 unspecified atom stereocenters. The lowest BCUT2D eigenvalue weighted by atomic mass is 10.1. The van der Waals surface area contributed by atoms with E-state index in [1.807, 2.05) is 13.0 Å².